The van der Waals surface area contributed by atoms with E-state index in [-0.39, 0.29) is 0 Å². The van der Waals surface area contributed by atoms with Gasteiger partial charge in [0.15, 0.2) is 0 Å². The second kappa shape index (κ2) is 12.0. The zero-order valence-electron chi connectivity index (χ0n) is 27.5. The van der Waals surface area contributed by atoms with E-state index < -0.39 is 0 Å². The average Bonchev–Trinajstić information content (AvgIpc) is 3.53. The minimum atomic E-state index is 1.14. The Morgan fingerprint density at radius 2 is 0.653 bits per heavy atom. The van der Waals surface area contributed by atoms with Crippen LogP contribution in [0.25, 0.3) is 41.7 Å². The first kappa shape index (κ1) is 29.3. The van der Waals surface area contributed by atoms with Crippen molar-refractivity contribution in [1.82, 2.24) is 0 Å². The molecule has 9 aromatic rings. The Balaban J connectivity index is 1.39. The van der Waals surface area contributed by atoms with Gasteiger partial charge in [0.05, 0.1) is 11.4 Å². The predicted octanol–water partition coefficient (Wildman–Crippen LogP) is 13.9. The molecule has 0 aliphatic heterocycles. The predicted molar refractivity (Wildman–Crippen MR) is 213 cm³/mol. The maximum Gasteiger partial charge on any atom is 0.0547 e. The summed E-state index contributed by atoms with van der Waals surface area (Å²) in [7, 11) is 0. The van der Waals surface area contributed by atoms with Crippen molar-refractivity contribution in [2.75, 3.05) is 9.80 Å². The van der Waals surface area contributed by atoms with Crippen LogP contribution >= 0.6 is 11.3 Å². The van der Waals surface area contributed by atoms with Crippen molar-refractivity contribution >= 4 is 87.2 Å². The van der Waals surface area contributed by atoms with E-state index in [1.54, 1.807) is 0 Å². The summed E-state index contributed by atoms with van der Waals surface area (Å²) in [6.45, 7) is 4.29. The molecular weight excluding hydrogens is 613 g/mol. The van der Waals surface area contributed by atoms with Gasteiger partial charge < -0.3 is 9.80 Å². The molecule has 0 saturated carbocycles. The topological polar surface area (TPSA) is 6.48 Å². The number of hydrogen-bond donors (Lipinski definition) is 0. The summed E-state index contributed by atoms with van der Waals surface area (Å²) in [6, 6.07) is 61.9. The first-order chi connectivity index (χ1) is 24.1. The third-order valence-corrected chi connectivity index (χ3v) is 10.8. The Morgan fingerprint density at radius 1 is 0.327 bits per heavy atom. The zero-order chi connectivity index (χ0) is 32.9. The van der Waals surface area contributed by atoms with Crippen molar-refractivity contribution in [1.29, 1.82) is 0 Å². The summed E-state index contributed by atoms with van der Waals surface area (Å²) in [6.07, 6.45) is 0. The van der Waals surface area contributed by atoms with E-state index in [9.17, 15) is 0 Å². The van der Waals surface area contributed by atoms with Crippen LogP contribution in [0.4, 0.5) is 34.1 Å². The van der Waals surface area contributed by atoms with Gasteiger partial charge in [-0.15, -0.1) is 11.3 Å². The number of anilines is 6. The fourth-order valence-corrected chi connectivity index (χ4v) is 8.49. The first-order valence-corrected chi connectivity index (χ1v) is 17.6. The monoisotopic (exact) mass is 646 g/mol. The van der Waals surface area contributed by atoms with Crippen LogP contribution in [0.15, 0.2) is 170 Å². The van der Waals surface area contributed by atoms with Gasteiger partial charge in [-0.25, -0.2) is 0 Å². The third kappa shape index (κ3) is 5.02. The summed E-state index contributed by atoms with van der Waals surface area (Å²) in [5.41, 5.74) is 9.39. The van der Waals surface area contributed by atoms with Crippen LogP contribution < -0.4 is 9.80 Å². The van der Waals surface area contributed by atoms with E-state index in [0.29, 0.717) is 0 Å². The molecule has 49 heavy (non-hydrogen) atoms. The quantitative estimate of drug-likeness (QED) is 0.177. The average molecular weight is 647 g/mol. The Morgan fingerprint density at radius 3 is 1.04 bits per heavy atom. The minimum absolute atomic E-state index is 1.14. The standard InChI is InChI=1S/C46H34N2S/c1-31-21-25-35(26-22-31)47(33-13-5-3-6-14-33)43-29-41-42-30-44(48(34-15-7-4-8-16-34)36-27-23-32(2)24-28-36)38-18-10-12-20-40(38)46(42)49-45(41)39-19-11-9-17-37(39)43/h3-30H,1-2H3. The van der Waals surface area contributed by atoms with Crippen molar-refractivity contribution in [3.63, 3.8) is 0 Å². The molecule has 0 spiro atoms. The smallest absolute Gasteiger partial charge is 0.0547 e. The van der Waals surface area contributed by atoms with Gasteiger partial charge >= 0.3 is 0 Å². The van der Waals surface area contributed by atoms with Gasteiger partial charge in [-0.05, 0) is 74.5 Å². The molecule has 0 aliphatic rings. The number of rotatable bonds is 6. The van der Waals surface area contributed by atoms with Gasteiger partial charge in [0, 0.05) is 64.5 Å². The van der Waals surface area contributed by atoms with Crippen molar-refractivity contribution in [2.24, 2.45) is 0 Å². The van der Waals surface area contributed by atoms with Gasteiger partial charge in [-0.2, -0.15) is 0 Å². The van der Waals surface area contributed by atoms with Crippen molar-refractivity contribution in [3.05, 3.63) is 181 Å². The van der Waals surface area contributed by atoms with Crippen LogP contribution in [0.2, 0.25) is 0 Å². The lowest BCUT2D eigenvalue weighted by atomic mass is 9.99. The highest BCUT2D eigenvalue weighted by Crippen LogP contribution is 2.50. The molecule has 234 valence electrons. The van der Waals surface area contributed by atoms with E-state index in [1.807, 2.05) is 11.3 Å². The van der Waals surface area contributed by atoms with E-state index in [2.05, 4.69) is 194 Å². The van der Waals surface area contributed by atoms with Gasteiger partial charge in [-0.3, -0.25) is 0 Å². The number of nitrogens with zero attached hydrogens (tertiary/aromatic N) is 2. The van der Waals surface area contributed by atoms with Crippen molar-refractivity contribution in [3.8, 4) is 0 Å². The molecule has 0 aliphatic carbocycles. The molecule has 0 atom stereocenters. The lowest BCUT2D eigenvalue weighted by Crippen LogP contribution is -2.10. The fourth-order valence-electron chi connectivity index (χ4n) is 7.15. The van der Waals surface area contributed by atoms with Crippen LogP contribution in [0.5, 0.6) is 0 Å². The number of hydrogen-bond acceptors (Lipinski definition) is 3. The second-order valence-corrected chi connectivity index (χ2v) is 13.8. The highest BCUT2D eigenvalue weighted by atomic mass is 32.1. The van der Waals surface area contributed by atoms with Crippen LogP contribution in [0, 0.1) is 13.8 Å². The molecule has 8 aromatic carbocycles. The molecule has 0 radical (unpaired) electrons. The lowest BCUT2D eigenvalue weighted by molar-refractivity contribution is 1.29. The summed E-state index contributed by atoms with van der Waals surface area (Å²) in [4.78, 5) is 4.82. The summed E-state index contributed by atoms with van der Waals surface area (Å²) in [5, 5.41) is 7.56. The van der Waals surface area contributed by atoms with Gasteiger partial charge in [0.1, 0.15) is 0 Å². The van der Waals surface area contributed by atoms with Crippen molar-refractivity contribution in [2.45, 2.75) is 13.8 Å². The number of thiophene rings is 1. The second-order valence-electron chi connectivity index (χ2n) is 12.8. The SMILES string of the molecule is Cc1ccc(N(c2ccccc2)c2cc3c4cc(N(c5ccccc5)c5ccc(C)cc5)c5ccccc5c4sc3c3ccccc23)cc1. The number of benzene rings is 8. The Kier molecular flexibility index (Phi) is 7.14. The first-order valence-electron chi connectivity index (χ1n) is 16.8. The van der Waals surface area contributed by atoms with E-state index in [1.165, 1.54) is 64.2 Å². The maximum atomic E-state index is 2.43. The van der Waals surface area contributed by atoms with E-state index in [4.69, 9.17) is 0 Å². The normalized spacial score (nSPS) is 11.5. The molecule has 2 nitrogen and oxygen atoms in total. The molecule has 3 heteroatoms. The number of aryl methyl sites for hydroxylation is 2. The summed E-state index contributed by atoms with van der Waals surface area (Å²) in [5.74, 6) is 0. The van der Waals surface area contributed by atoms with E-state index in [0.717, 1.165) is 22.7 Å². The van der Waals surface area contributed by atoms with Gasteiger partial charge in [0.25, 0.3) is 0 Å². The number of para-hydroxylation sites is 2. The molecule has 1 heterocycles. The molecular formula is C46H34N2S. The maximum absolute atomic E-state index is 2.43. The Bertz CT molecular complexity index is 2420. The van der Waals surface area contributed by atoms with Gasteiger partial charge in [-0.1, -0.05) is 120 Å². The molecule has 0 fully saturated rings. The molecule has 0 N–H and O–H groups in total. The minimum Gasteiger partial charge on any atom is -0.310 e. The molecule has 0 saturated heterocycles. The Labute approximate surface area is 290 Å². The van der Waals surface area contributed by atoms with Crippen LogP contribution in [-0.2, 0) is 0 Å². The van der Waals surface area contributed by atoms with Gasteiger partial charge in [0.2, 0.25) is 0 Å². The molecule has 0 amide bonds. The molecule has 1 aromatic heterocycles. The van der Waals surface area contributed by atoms with Crippen LogP contribution in [0.1, 0.15) is 11.1 Å². The largest absolute Gasteiger partial charge is 0.310 e. The highest BCUT2D eigenvalue weighted by molar-refractivity contribution is 7.27. The Hall–Kier alpha value is -5.90. The fraction of sp³-hybridized carbons (Fsp3) is 0.0435. The van der Waals surface area contributed by atoms with Crippen molar-refractivity contribution < 1.29 is 0 Å². The molecule has 0 unspecified atom stereocenters. The molecule has 9 rings (SSSR count). The zero-order valence-corrected chi connectivity index (χ0v) is 28.3. The summed E-state index contributed by atoms with van der Waals surface area (Å²) >= 11 is 1.91. The lowest BCUT2D eigenvalue weighted by Gasteiger charge is -2.28. The highest BCUT2D eigenvalue weighted by Gasteiger charge is 2.23. The van der Waals surface area contributed by atoms with E-state index >= 15 is 0 Å². The molecule has 0 bridgehead atoms. The third-order valence-electron chi connectivity index (χ3n) is 9.54. The van der Waals surface area contributed by atoms with Crippen LogP contribution in [0.3, 0.4) is 0 Å². The van der Waals surface area contributed by atoms with Crippen LogP contribution in [-0.4, -0.2) is 0 Å². The number of fused-ring (bicyclic) bond motifs is 7. The summed E-state index contributed by atoms with van der Waals surface area (Å²) < 4.78 is 2.63.